The van der Waals surface area contributed by atoms with Gasteiger partial charge in [0.15, 0.2) is 0 Å². The zero-order valence-electron chi connectivity index (χ0n) is 15.1. The first kappa shape index (κ1) is 18.1. The number of carbonyl (C=O) groups excluding carboxylic acids is 2. The monoisotopic (exact) mass is 386 g/mol. The Morgan fingerprint density at radius 3 is 2.67 bits per heavy atom. The number of aromatic nitrogens is 1. The number of amides is 2. The lowest BCUT2D eigenvalue weighted by molar-refractivity contribution is 0.0634. The lowest BCUT2D eigenvalue weighted by Crippen LogP contribution is -2.48. The fourth-order valence-electron chi connectivity index (χ4n) is 3.86. The maximum absolute atomic E-state index is 13.1. The van der Waals surface area contributed by atoms with Crippen LogP contribution in [0.2, 0.25) is 5.02 Å². The highest BCUT2D eigenvalue weighted by molar-refractivity contribution is 6.30. The molecule has 1 unspecified atom stereocenters. The molecule has 1 aromatic heterocycles. The topological polar surface area (TPSA) is 68.4 Å². The van der Waals surface area contributed by atoms with Gasteiger partial charge in [0.05, 0.1) is 11.6 Å². The third-order valence-corrected chi connectivity index (χ3v) is 5.53. The molecule has 2 aromatic rings. The largest absolute Gasteiger partial charge is 0.356 e. The molecule has 2 fully saturated rings. The Labute approximate surface area is 163 Å². The van der Waals surface area contributed by atoms with E-state index < -0.39 is 0 Å². The van der Waals surface area contributed by atoms with Crippen LogP contribution in [0.25, 0.3) is 0 Å². The molecule has 2 saturated heterocycles. The summed E-state index contributed by atoms with van der Waals surface area (Å²) in [6.07, 6.45) is 3.73. The molecule has 0 bridgehead atoms. The number of hydrogen-bond donors (Lipinski definition) is 2. The van der Waals surface area contributed by atoms with E-state index in [-0.39, 0.29) is 17.9 Å². The molecule has 2 aliphatic rings. The summed E-state index contributed by atoms with van der Waals surface area (Å²) in [4.78, 5) is 32.4. The molecule has 2 amide bonds. The Kier molecular flexibility index (Phi) is 5.18. The van der Waals surface area contributed by atoms with Crippen molar-refractivity contribution in [3.63, 3.8) is 0 Å². The summed E-state index contributed by atoms with van der Waals surface area (Å²) in [7, 11) is 0. The predicted octanol–water partition coefficient (Wildman–Crippen LogP) is 2.69. The van der Waals surface area contributed by atoms with Crippen molar-refractivity contribution in [2.24, 2.45) is 0 Å². The van der Waals surface area contributed by atoms with Gasteiger partial charge >= 0.3 is 0 Å². The molecule has 1 aromatic carbocycles. The van der Waals surface area contributed by atoms with Gasteiger partial charge in [-0.15, -0.1) is 0 Å². The quantitative estimate of drug-likeness (QED) is 0.852. The average Bonchev–Trinajstić information content (AvgIpc) is 3.39. The van der Waals surface area contributed by atoms with Gasteiger partial charge in [-0.05, 0) is 36.6 Å². The van der Waals surface area contributed by atoms with Crippen molar-refractivity contribution in [2.75, 3.05) is 32.7 Å². The lowest BCUT2D eigenvalue weighted by atomic mass is 10.0. The first-order valence-electron chi connectivity index (χ1n) is 9.38. The van der Waals surface area contributed by atoms with Crippen LogP contribution < -0.4 is 5.32 Å². The van der Waals surface area contributed by atoms with Crippen molar-refractivity contribution in [3.05, 3.63) is 58.4 Å². The maximum Gasteiger partial charge on any atom is 0.270 e. The zero-order valence-corrected chi connectivity index (χ0v) is 15.8. The molecule has 6 nitrogen and oxygen atoms in total. The van der Waals surface area contributed by atoms with E-state index in [1.54, 1.807) is 12.3 Å². The SMILES string of the molecule is O=C(c1cc(C(=O)N2CCNCC2c2cccc(Cl)c2)c[nH]1)N1CCCC1. The normalized spacial score (nSPS) is 20.1. The summed E-state index contributed by atoms with van der Waals surface area (Å²) >= 11 is 6.14. The number of halogens is 1. The minimum absolute atomic E-state index is 0.0294. The molecule has 0 saturated carbocycles. The Morgan fingerprint density at radius 2 is 1.89 bits per heavy atom. The second kappa shape index (κ2) is 7.74. The molecule has 1 atom stereocenters. The molecule has 0 aliphatic carbocycles. The van der Waals surface area contributed by atoms with Gasteiger partial charge in [0, 0.05) is 43.9 Å². The lowest BCUT2D eigenvalue weighted by Gasteiger charge is -2.36. The van der Waals surface area contributed by atoms with Crippen LogP contribution in [0.5, 0.6) is 0 Å². The number of piperazine rings is 1. The van der Waals surface area contributed by atoms with E-state index in [1.807, 2.05) is 34.1 Å². The molecule has 0 radical (unpaired) electrons. The smallest absolute Gasteiger partial charge is 0.270 e. The van der Waals surface area contributed by atoms with E-state index >= 15 is 0 Å². The van der Waals surface area contributed by atoms with Gasteiger partial charge < -0.3 is 20.1 Å². The first-order valence-corrected chi connectivity index (χ1v) is 9.76. The Balaban J connectivity index is 1.54. The van der Waals surface area contributed by atoms with Crippen LogP contribution in [-0.4, -0.2) is 59.3 Å². The number of carbonyl (C=O) groups is 2. The van der Waals surface area contributed by atoms with Gasteiger partial charge in [0.2, 0.25) is 0 Å². The van der Waals surface area contributed by atoms with Crippen LogP contribution in [0.15, 0.2) is 36.5 Å². The number of nitrogens with one attached hydrogen (secondary N) is 2. The van der Waals surface area contributed by atoms with E-state index in [9.17, 15) is 9.59 Å². The van der Waals surface area contributed by atoms with Crippen molar-refractivity contribution >= 4 is 23.4 Å². The van der Waals surface area contributed by atoms with Crippen LogP contribution in [0.1, 0.15) is 45.3 Å². The fourth-order valence-corrected chi connectivity index (χ4v) is 4.06. The Bertz CT molecular complexity index is 844. The Morgan fingerprint density at radius 1 is 1.07 bits per heavy atom. The van der Waals surface area contributed by atoms with Crippen molar-refractivity contribution in [3.8, 4) is 0 Å². The fraction of sp³-hybridized carbons (Fsp3) is 0.400. The van der Waals surface area contributed by atoms with Gasteiger partial charge in [-0.1, -0.05) is 23.7 Å². The van der Waals surface area contributed by atoms with E-state index in [2.05, 4.69) is 10.3 Å². The molecule has 27 heavy (non-hydrogen) atoms. The van der Waals surface area contributed by atoms with Crippen molar-refractivity contribution in [1.29, 1.82) is 0 Å². The number of H-pyrrole nitrogens is 1. The van der Waals surface area contributed by atoms with E-state index in [4.69, 9.17) is 11.6 Å². The molecule has 2 N–H and O–H groups in total. The molecule has 142 valence electrons. The highest BCUT2D eigenvalue weighted by Crippen LogP contribution is 2.26. The number of aromatic amines is 1. The number of benzene rings is 1. The number of hydrogen-bond acceptors (Lipinski definition) is 3. The van der Waals surface area contributed by atoms with Crippen LogP contribution in [-0.2, 0) is 0 Å². The Hall–Kier alpha value is -2.31. The van der Waals surface area contributed by atoms with Crippen LogP contribution in [0.4, 0.5) is 0 Å². The van der Waals surface area contributed by atoms with Crippen molar-refractivity contribution in [2.45, 2.75) is 18.9 Å². The summed E-state index contributed by atoms with van der Waals surface area (Å²) in [6.45, 7) is 3.60. The van der Waals surface area contributed by atoms with Crippen LogP contribution in [0, 0.1) is 0 Å². The minimum atomic E-state index is -0.0856. The molecule has 7 heteroatoms. The van der Waals surface area contributed by atoms with Gasteiger partial charge in [-0.2, -0.15) is 0 Å². The third kappa shape index (κ3) is 3.73. The second-order valence-electron chi connectivity index (χ2n) is 7.07. The highest BCUT2D eigenvalue weighted by atomic mass is 35.5. The summed E-state index contributed by atoms with van der Waals surface area (Å²) in [6, 6.07) is 9.22. The average molecular weight is 387 g/mol. The molecule has 4 rings (SSSR count). The molecule has 3 heterocycles. The summed E-state index contributed by atoms with van der Waals surface area (Å²) in [5.41, 5.74) is 2.01. The van der Waals surface area contributed by atoms with E-state index in [1.165, 1.54) is 0 Å². The third-order valence-electron chi connectivity index (χ3n) is 5.29. The highest BCUT2D eigenvalue weighted by Gasteiger charge is 2.30. The van der Waals surface area contributed by atoms with Gasteiger partial charge in [0.1, 0.15) is 5.69 Å². The standard InChI is InChI=1S/C20H23ClN4O2/c21-16-5-3-4-14(10-16)18-13-22-6-9-25(18)19(26)15-11-17(23-12-15)20(27)24-7-1-2-8-24/h3-5,10-12,18,22-23H,1-2,6-9,13H2. The van der Waals surface area contributed by atoms with Crippen molar-refractivity contribution in [1.82, 2.24) is 20.1 Å². The minimum Gasteiger partial charge on any atom is -0.356 e. The summed E-state index contributed by atoms with van der Waals surface area (Å²) in [5.74, 6) is -0.101. The predicted molar refractivity (Wildman–Crippen MR) is 104 cm³/mol. The van der Waals surface area contributed by atoms with Crippen LogP contribution >= 0.6 is 11.6 Å². The van der Waals surface area contributed by atoms with Gasteiger partial charge in [-0.25, -0.2) is 0 Å². The molecular formula is C20H23ClN4O2. The van der Waals surface area contributed by atoms with E-state index in [0.717, 1.165) is 38.0 Å². The van der Waals surface area contributed by atoms with E-state index in [0.29, 0.717) is 29.4 Å². The second-order valence-corrected chi connectivity index (χ2v) is 7.51. The number of nitrogens with zero attached hydrogens (tertiary/aromatic N) is 2. The van der Waals surface area contributed by atoms with Gasteiger partial charge in [-0.3, -0.25) is 9.59 Å². The molecule has 2 aliphatic heterocycles. The van der Waals surface area contributed by atoms with Gasteiger partial charge in [0.25, 0.3) is 11.8 Å². The summed E-state index contributed by atoms with van der Waals surface area (Å²) in [5, 5.41) is 4.00. The number of rotatable bonds is 3. The van der Waals surface area contributed by atoms with Crippen LogP contribution in [0.3, 0.4) is 0 Å². The molecule has 0 spiro atoms. The van der Waals surface area contributed by atoms with Crippen molar-refractivity contribution < 1.29 is 9.59 Å². The summed E-state index contributed by atoms with van der Waals surface area (Å²) < 4.78 is 0. The maximum atomic E-state index is 13.1. The number of likely N-dealkylation sites (tertiary alicyclic amines) is 1. The molecular weight excluding hydrogens is 364 g/mol. The first-order chi connectivity index (χ1) is 13.1. The zero-order chi connectivity index (χ0) is 18.8.